The van der Waals surface area contributed by atoms with E-state index in [9.17, 15) is 0 Å². The summed E-state index contributed by atoms with van der Waals surface area (Å²) in [5.41, 5.74) is 8.13. The van der Waals surface area contributed by atoms with E-state index in [2.05, 4.69) is 30.3 Å². The quantitative estimate of drug-likeness (QED) is 0.745. The molecule has 4 atom stereocenters. The Labute approximate surface area is 163 Å². The molecule has 2 N–H and O–H groups in total. The monoisotopic (exact) mass is 382 g/mol. The minimum atomic E-state index is -0.574. The molecule has 3 aromatic rings. The lowest BCUT2D eigenvalue weighted by molar-refractivity contribution is -0.160. The molecular formula is C20H26N6O2. The predicted octanol–water partition coefficient (Wildman–Crippen LogP) is 2.46. The van der Waals surface area contributed by atoms with E-state index in [0.29, 0.717) is 11.7 Å². The first-order chi connectivity index (χ1) is 13.4. The zero-order valence-corrected chi connectivity index (χ0v) is 16.4. The van der Waals surface area contributed by atoms with Crippen LogP contribution in [0, 0.1) is 5.92 Å². The third kappa shape index (κ3) is 2.79. The molecule has 0 aromatic carbocycles. The van der Waals surface area contributed by atoms with E-state index in [4.69, 9.17) is 15.2 Å². The zero-order chi connectivity index (χ0) is 19.5. The van der Waals surface area contributed by atoms with Crippen LogP contribution in [0.2, 0.25) is 0 Å². The summed E-state index contributed by atoms with van der Waals surface area (Å²) in [7, 11) is 2.04. The highest BCUT2D eigenvalue weighted by atomic mass is 16.8. The number of ether oxygens (including phenoxy) is 2. The molecule has 0 radical (unpaired) electrons. The number of imidazole rings is 1. The lowest BCUT2D eigenvalue weighted by Crippen LogP contribution is -2.27. The van der Waals surface area contributed by atoms with Crippen LogP contribution in [-0.4, -0.2) is 42.1 Å². The minimum absolute atomic E-state index is 0.00155. The van der Waals surface area contributed by atoms with Gasteiger partial charge in [-0.05, 0) is 45.1 Å². The number of aryl methyl sites for hydroxylation is 2. The van der Waals surface area contributed by atoms with Gasteiger partial charge in [-0.25, -0.2) is 15.0 Å². The van der Waals surface area contributed by atoms with Crippen LogP contribution in [0.5, 0.6) is 0 Å². The fraction of sp³-hybridized carbons (Fsp3) is 0.550. The fourth-order valence-corrected chi connectivity index (χ4v) is 4.83. The van der Waals surface area contributed by atoms with E-state index in [1.807, 2.05) is 39.5 Å². The summed E-state index contributed by atoms with van der Waals surface area (Å²) in [6, 6.07) is 2.15. The van der Waals surface area contributed by atoms with Crippen molar-refractivity contribution >= 4 is 16.9 Å². The molecule has 4 heterocycles. The van der Waals surface area contributed by atoms with Gasteiger partial charge in [0.15, 0.2) is 5.79 Å². The Balaban J connectivity index is 1.45. The highest BCUT2D eigenvalue weighted by molar-refractivity contribution is 5.86. The maximum absolute atomic E-state index is 6.34. The Hall–Kier alpha value is -2.45. The molecule has 2 fully saturated rings. The molecule has 0 spiro atoms. The van der Waals surface area contributed by atoms with E-state index in [1.165, 1.54) is 12.0 Å². The number of nitrogens with zero attached hydrogens (tertiary/aromatic N) is 5. The number of hydrogen-bond donors (Lipinski definition) is 1. The number of hydrogen-bond acceptors (Lipinski definition) is 6. The van der Waals surface area contributed by atoms with Crippen LogP contribution in [-0.2, 0) is 22.9 Å². The first-order valence-corrected chi connectivity index (χ1v) is 9.81. The molecule has 3 aromatic heterocycles. The maximum atomic E-state index is 6.34. The van der Waals surface area contributed by atoms with Crippen molar-refractivity contribution in [1.29, 1.82) is 0 Å². The van der Waals surface area contributed by atoms with Gasteiger partial charge >= 0.3 is 0 Å². The van der Waals surface area contributed by atoms with E-state index in [-0.39, 0.29) is 18.2 Å². The Morgan fingerprint density at radius 3 is 2.86 bits per heavy atom. The number of rotatable bonds is 4. The van der Waals surface area contributed by atoms with Gasteiger partial charge in [-0.1, -0.05) is 0 Å². The molecule has 8 nitrogen and oxygen atoms in total. The number of anilines is 1. The largest absolute Gasteiger partial charge is 0.383 e. The second-order valence-electron chi connectivity index (χ2n) is 8.38. The Morgan fingerprint density at radius 2 is 2.07 bits per heavy atom. The van der Waals surface area contributed by atoms with Gasteiger partial charge in [0.2, 0.25) is 0 Å². The molecular weight excluding hydrogens is 356 g/mol. The van der Waals surface area contributed by atoms with Crippen LogP contribution in [0.15, 0.2) is 31.1 Å². The van der Waals surface area contributed by atoms with Crippen molar-refractivity contribution in [3.63, 3.8) is 0 Å². The number of nitrogens with two attached hydrogens (primary N) is 1. The molecule has 5 rings (SSSR count). The number of fused-ring (bicyclic) bond motifs is 2. The van der Waals surface area contributed by atoms with Crippen LogP contribution in [0.1, 0.15) is 38.4 Å². The summed E-state index contributed by atoms with van der Waals surface area (Å²) < 4.78 is 17.0. The SMILES string of the molecule is Cn1cncc1CC[C@H]1C[C@@H](n2ccc3c(N)ncnc32)[C@@H]2OC(C)(C)O[C@H]12. The molecule has 0 unspecified atom stereocenters. The van der Waals surface area contributed by atoms with E-state index < -0.39 is 5.79 Å². The van der Waals surface area contributed by atoms with Crippen molar-refractivity contribution in [1.82, 2.24) is 24.1 Å². The molecule has 28 heavy (non-hydrogen) atoms. The average molecular weight is 382 g/mol. The van der Waals surface area contributed by atoms with Crippen LogP contribution in [0.3, 0.4) is 0 Å². The maximum Gasteiger partial charge on any atom is 0.163 e. The second kappa shape index (κ2) is 6.28. The van der Waals surface area contributed by atoms with Gasteiger partial charge < -0.3 is 24.3 Å². The van der Waals surface area contributed by atoms with Crippen LogP contribution >= 0.6 is 0 Å². The molecule has 0 amide bonds. The molecule has 1 saturated heterocycles. The summed E-state index contributed by atoms with van der Waals surface area (Å²) in [6.07, 6.45) is 10.4. The van der Waals surface area contributed by atoms with Crippen molar-refractivity contribution in [3.05, 3.63) is 36.8 Å². The molecule has 8 heteroatoms. The third-order valence-electron chi connectivity index (χ3n) is 6.14. The lowest BCUT2D eigenvalue weighted by Gasteiger charge is -2.24. The van der Waals surface area contributed by atoms with E-state index in [0.717, 1.165) is 30.3 Å². The van der Waals surface area contributed by atoms with Crippen LogP contribution in [0.4, 0.5) is 5.82 Å². The fourth-order valence-electron chi connectivity index (χ4n) is 4.83. The summed E-state index contributed by atoms with van der Waals surface area (Å²) >= 11 is 0. The average Bonchev–Trinajstić information content (AvgIpc) is 3.37. The number of aromatic nitrogens is 5. The van der Waals surface area contributed by atoms with Crippen molar-refractivity contribution in [2.45, 2.75) is 57.1 Å². The van der Waals surface area contributed by atoms with Crippen LogP contribution in [0.25, 0.3) is 11.0 Å². The van der Waals surface area contributed by atoms with Gasteiger partial charge in [-0.3, -0.25) is 0 Å². The Kier molecular flexibility index (Phi) is 3.96. The molecule has 1 saturated carbocycles. The van der Waals surface area contributed by atoms with Gasteiger partial charge in [-0.15, -0.1) is 0 Å². The zero-order valence-electron chi connectivity index (χ0n) is 16.4. The summed E-state index contributed by atoms with van der Waals surface area (Å²) in [6.45, 7) is 3.99. The normalized spacial score (nSPS) is 28.8. The second-order valence-corrected chi connectivity index (χ2v) is 8.38. The molecule has 0 bridgehead atoms. The highest BCUT2D eigenvalue weighted by Crippen LogP contribution is 2.49. The topological polar surface area (TPSA) is 93.0 Å². The first-order valence-electron chi connectivity index (χ1n) is 9.81. The van der Waals surface area contributed by atoms with Gasteiger partial charge in [0.05, 0.1) is 23.9 Å². The first kappa shape index (κ1) is 17.6. The van der Waals surface area contributed by atoms with E-state index in [1.54, 1.807) is 0 Å². The highest BCUT2D eigenvalue weighted by Gasteiger charge is 2.54. The van der Waals surface area contributed by atoms with Crippen molar-refractivity contribution in [3.8, 4) is 0 Å². The molecule has 148 valence electrons. The lowest BCUT2D eigenvalue weighted by atomic mass is 9.98. The van der Waals surface area contributed by atoms with Crippen molar-refractivity contribution < 1.29 is 9.47 Å². The molecule has 1 aliphatic carbocycles. The summed E-state index contributed by atoms with van der Waals surface area (Å²) in [5.74, 6) is 0.341. The van der Waals surface area contributed by atoms with Crippen molar-refractivity contribution in [2.75, 3.05) is 5.73 Å². The third-order valence-corrected chi connectivity index (χ3v) is 6.14. The van der Waals surface area contributed by atoms with Crippen molar-refractivity contribution in [2.24, 2.45) is 13.0 Å². The van der Waals surface area contributed by atoms with Gasteiger partial charge in [-0.2, -0.15) is 0 Å². The Bertz CT molecular complexity index is 1010. The van der Waals surface area contributed by atoms with E-state index >= 15 is 0 Å². The molecule has 1 aliphatic heterocycles. The standard InChI is InChI=1S/C20H26N6O2/c1-20(2)27-16-12(4-5-13-9-22-11-25(13)3)8-15(17(16)28-20)26-7-6-14-18(21)23-10-24-19(14)26/h6-7,9-12,15-17H,4-5,8H2,1-3H3,(H2,21,23,24)/t12-,15+,16+,17-/m0/s1. The van der Waals surface area contributed by atoms with Gasteiger partial charge in [0, 0.05) is 25.1 Å². The van der Waals surface area contributed by atoms with Crippen LogP contribution < -0.4 is 5.73 Å². The smallest absolute Gasteiger partial charge is 0.163 e. The summed E-state index contributed by atoms with van der Waals surface area (Å²) in [5, 5.41) is 0.885. The Morgan fingerprint density at radius 1 is 1.25 bits per heavy atom. The predicted molar refractivity (Wildman–Crippen MR) is 104 cm³/mol. The van der Waals surface area contributed by atoms with Gasteiger partial charge in [0.25, 0.3) is 0 Å². The molecule has 2 aliphatic rings. The van der Waals surface area contributed by atoms with Gasteiger partial charge in [0.1, 0.15) is 23.9 Å². The minimum Gasteiger partial charge on any atom is -0.383 e. The number of nitrogen functional groups attached to an aromatic ring is 1. The summed E-state index contributed by atoms with van der Waals surface area (Å²) in [4.78, 5) is 12.8.